The lowest BCUT2D eigenvalue weighted by Crippen LogP contribution is -2.54. The van der Waals surface area contributed by atoms with Crippen molar-refractivity contribution < 1.29 is 56.0 Å². The molecule has 0 bridgehead atoms. The van der Waals surface area contributed by atoms with Gasteiger partial charge in [0.05, 0.1) is 21.2 Å². The van der Waals surface area contributed by atoms with E-state index in [0.29, 0.717) is 24.3 Å². The molecule has 0 saturated carbocycles. The summed E-state index contributed by atoms with van der Waals surface area (Å²) in [6.45, 7) is 0. The highest BCUT2D eigenvalue weighted by Crippen LogP contribution is 2.57. The topological polar surface area (TPSA) is 185 Å². The second-order valence-corrected chi connectivity index (χ2v) is 9.73. The molecule has 0 spiro atoms. The minimum Gasteiger partial charge on any atom is -0.506 e. The van der Waals surface area contributed by atoms with Crippen LogP contribution in [0.3, 0.4) is 0 Å². The molecule has 4 aromatic carbocycles. The monoisotopic (exact) mass is 664 g/mol. The summed E-state index contributed by atoms with van der Waals surface area (Å²) in [6, 6.07) is 9.87. The molecule has 0 fully saturated rings. The number of halogens is 6. The summed E-state index contributed by atoms with van der Waals surface area (Å²) in [7, 11) is 0. The maximum atomic E-state index is 14.9. The molecule has 18 heteroatoms. The molecule has 2 amide bonds. The van der Waals surface area contributed by atoms with Crippen molar-refractivity contribution in [3.05, 3.63) is 127 Å². The fourth-order valence-corrected chi connectivity index (χ4v) is 4.63. The summed E-state index contributed by atoms with van der Waals surface area (Å²) in [5, 5.41) is 46.5. The number of carbonyl (C=O) groups excluding carboxylic acids is 2. The number of rotatable bonds is 8. The number of hydrogen-bond donors (Lipinski definition) is 4. The molecule has 0 unspecified atom stereocenters. The van der Waals surface area contributed by atoms with Crippen LogP contribution in [-0.4, -0.2) is 44.2 Å². The number of nitro benzene ring substituents is 2. The highest BCUT2D eigenvalue weighted by molar-refractivity contribution is 6.06. The number of anilines is 2. The quantitative estimate of drug-likeness (QED) is 0.0683. The number of phenols is 2. The number of benzene rings is 4. The number of alkyl halides is 6. The van der Waals surface area contributed by atoms with Gasteiger partial charge in [-0.15, -0.1) is 0 Å². The van der Waals surface area contributed by atoms with Gasteiger partial charge in [0, 0.05) is 35.4 Å². The van der Waals surface area contributed by atoms with Gasteiger partial charge in [-0.3, -0.25) is 29.8 Å². The van der Waals surface area contributed by atoms with Crippen LogP contribution in [0.25, 0.3) is 0 Å². The van der Waals surface area contributed by atoms with E-state index in [1.54, 1.807) is 0 Å². The minimum atomic E-state index is -6.19. The van der Waals surface area contributed by atoms with Gasteiger partial charge in [-0.1, -0.05) is 24.3 Å². The summed E-state index contributed by atoms with van der Waals surface area (Å²) in [4.78, 5) is 45.8. The SMILES string of the molecule is O=C(Nc1cc(C(c2ccc(O)c(NC(=O)c3cccc([N+](=O)[O-])c3)c2)(C(F)(F)F)C(F)(F)F)ccc1O)c1cccc([N+](=O)[O-])c1. The Labute approximate surface area is 258 Å². The maximum Gasteiger partial charge on any atom is 0.411 e. The summed E-state index contributed by atoms with van der Waals surface area (Å²) in [5.74, 6) is -4.36. The Balaban J connectivity index is 1.84. The zero-order chi connectivity index (χ0) is 34.9. The summed E-state index contributed by atoms with van der Waals surface area (Å²) in [6.07, 6.45) is -12.4. The van der Waals surface area contributed by atoms with Crippen molar-refractivity contribution in [3.63, 3.8) is 0 Å². The third kappa shape index (κ3) is 6.46. The number of hydrogen-bond acceptors (Lipinski definition) is 8. The van der Waals surface area contributed by atoms with Crippen LogP contribution >= 0.6 is 0 Å². The predicted molar refractivity (Wildman–Crippen MR) is 151 cm³/mol. The number of nitrogens with one attached hydrogen (secondary N) is 2. The van der Waals surface area contributed by atoms with Crippen molar-refractivity contribution >= 4 is 34.6 Å². The van der Waals surface area contributed by atoms with Crippen molar-refractivity contribution in [2.24, 2.45) is 0 Å². The second-order valence-electron chi connectivity index (χ2n) is 9.73. The average molecular weight is 664 g/mol. The van der Waals surface area contributed by atoms with E-state index in [0.717, 1.165) is 48.5 Å². The molecule has 244 valence electrons. The molecule has 0 heterocycles. The van der Waals surface area contributed by atoms with E-state index in [2.05, 4.69) is 0 Å². The molecule has 0 aliphatic carbocycles. The highest BCUT2D eigenvalue weighted by atomic mass is 19.4. The molecule has 0 radical (unpaired) electrons. The van der Waals surface area contributed by atoms with Gasteiger partial charge in [-0.25, -0.2) is 0 Å². The molecule has 0 saturated heterocycles. The normalized spacial score (nSPS) is 11.9. The lowest BCUT2D eigenvalue weighted by Gasteiger charge is -2.38. The number of carbonyl (C=O) groups is 2. The Bertz CT molecular complexity index is 1780. The van der Waals surface area contributed by atoms with Gasteiger partial charge >= 0.3 is 12.4 Å². The zero-order valence-corrected chi connectivity index (χ0v) is 23.1. The molecule has 0 aromatic heterocycles. The summed E-state index contributed by atoms with van der Waals surface area (Å²) in [5.41, 5.74) is -11.8. The smallest absolute Gasteiger partial charge is 0.411 e. The Hall–Kier alpha value is -6.20. The molecule has 4 N–H and O–H groups in total. The lowest BCUT2D eigenvalue weighted by molar-refractivity contribution is -0.385. The summed E-state index contributed by atoms with van der Waals surface area (Å²) >= 11 is 0. The highest BCUT2D eigenvalue weighted by Gasteiger charge is 2.72. The number of non-ortho nitro benzene ring substituents is 2. The van der Waals surface area contributed by atoms with Gasteiger partial charge in [-0.2, -0.15) is 26.3 Å². The zero-order valence-electron chi connectivity index (χ0n) is 23.1. The van der Waals surface area contributed by atoms with E-state index in [9.17, 15) is 66.4 Å². The standard InChI is InChI=1S/C29H18F6N4O8/c30-28(31,32)27(29(33,34)35,17-7-9-23(40)21(13-17)36-25(42)15-3-1-5-19(11-15)38(44)45)18-8-10-24(41)22(14-18)37-26(43)16-4-2-6-20(12-16)39(46)47/h1-14,40-41H,(H,36,42)(H,37,43). The van der Waals surface area contributed by atoms with Crippen LogP contribution in [0.2, 0.25) is 0 Å². The number of aromatic hydroxyl groups is 2. The van der Waals surface area contributed by atoms with Gasteiger partial charge in [0.1, 0.15) is 11.5 Å². The summed E-state index contributed by atoms with van der Waals surface area (Å²) < 4.78 is 89.1. The predicted octanol–water partition coefficient (Wildman–Crippen LogP) is 6.83. The molecule has 4 aromatic rings. The van der Waals surface area contributed by atoms with E-state index < -0.39 is 95.9 Å². The van der Waals surface area contributed by atoms with E-state index in [1.165, 1.54) is 0 Å². The van der Waals surface area contributed by atoms with Gasteiger partial charge in [0.25, 0.3) is 23.2 Å². The van der Waals surface area contributed by atoms with Gasteiger partial charge in [0.15, 0.2) is 0 Å². The van der Waals surface area contributed by atoms with Crippen molar-refractivity contribution in [3.8, 4) is 11.5 Å². The first-order valence-electron chi connectivity index (χ1n) is 12.8. The molecular formula is C29H18F6N4O8. The number of phenolic OH excluding ortho intramolecular Hbond substituents is 2. The van der Waals surface area contributed by atoms with Gasteiger partial charge < -0.3 is 20.8 Å². The molecular weight excluding hydrogens is 646 g/mol. The van der Waals surface area contributed by atoms with Crippen molar-refractivity contribution in [2.45, 2.75) is 17.8 Å². The van der Waals surface area contributed by atoms with Crippen LogP contribution in [0.15, 0.2) is 84.9 Å². The molecule has 0 atom stereocenters. The third-order valence-electron chi connectivity index (χ3n) is 6.84. The van der Waals surface area contributed by atoms with E-state index in [-0.39, 0.29) is 12.1 Å². The maximum absolute atomic E-state index is 14.9. The first kappa shape index (κ1) is 33.7. The van der Waals surface area contributed by atoms with Gasteiger partial charge in [-0.05, 0) is 47.5 Å². The van der Waals surface area contributed by atoms with Crippen LogP contribution in [-0.2, 0) is 5.41 Å². The Kier molecular flexibility index (Phi) is 8.81. The van der Waals surface area contributed by atoms with E-state index >= 15 is 0 Å². The van der Waals surface area contributed by atoms with Crippen molar-refractivity contribution in [1.29, 1.82) is 0 Å². The molecule has 0 aliphatic rings. The second kappa shape index (κ2) is 12.3. The minimum absolute atomic E-state index is 0.208. The number of nitro groups is 2. The van der Waals surface area contributed by atoms with Crippen molar-refractivity contribution in [1.82, 2.24) is 0 Å². The number of amides is 2. The Morgan fingerprint density at radius 2 is 0.957 bits per heavy atom. The molecule has 0 aliphatic heterocycles. The first-order chi connectivity index (χ1) is 21.9. The van der Waals surface area contributed by atoms with E-state index in [1.807, 2.05) is 10.6 Å². The van der Waals surface area contributed by atoms with Gasteiger partial charge in [0.2, 0.25) is 5.41 Å². The van der Waals surface area contributed by atoms with Crippen LogP contribution in [0, 0.1) is 20.2 Å². The van der Waals surface area contributed by atoms with Crippen LogP contribution in [0.1, 0.15) is 31.8 Å². The Morgan fingerprint density at radius 1 is 0.596 bits per heavy atom. The third-order valence-corrected chi connectivity index (χ3v) is 6.84. The van der Waals surface area contributed by atoms with Crippen molar-refractivity contribution in [2.75, 3.05) is 10.6 Å². The van der Waals surface area contributed by atoms with Crippen LogP contribution < -0.4 is 10.6 Å². The molecule has 12 nitrogen and oxygen atoms in total. The molecule has 47 heavy (non-hydrogen) atoms. The lowest BCUT2D eigenvalue weighted by atomic mass is 9.72. The number of nitrogens with zero attached hydrogens (tertiary/aromatic N) is 2. The van der Waals surface area contributed by atoms with Crippen LogP contribution in [0.4, 0.5) is 49.1 Å². The average Bonchev–Trinajstić information content (AvgIpc) is 2.99. The Morgan fingerprint density at radius 3 is 1.28 bits per heavy atom. The fourth-order valence-electron chi connectivity index (χ4n) is 4.63. The first-order valence-corrected chi connectivity index (χ1v) is 12.8. The largest absolute Gasteiger partial charge is 0.506 e. The van der Waals surface area contributed by atoms with E-state index in [4.69, 9.17) is 0 Å². The molecule has 4 rings (SSSR count). The fraction of sp³-hybridized carbons (Fsp3) is 0.103. The van der Waals surface area contributed by atoms with Crippen LogP contribution in [0.5, 0.6) is 11.5 Å².